The van der Waals surface area contributed by atoms with Gasteiger partial charge in [0.05, 0.1) is 0 Å². The van der Waals surface area contributed by atoms with Gasteiger partial charge in [-0.15, -0.1) is 0 Å². The van der Waals surface area contributed by atoms with Gasteiger partial charge in [0.1, 0.15) is 11.0 Å². The lowest BCUT2D eigenvalue weighted by Crippen LogP contribution is -2.14. The molecule has 4 heteroatoms. The molecular formula is C49H32N2O2. The number of nitrogens with zero attached hydrogens (tertiary/aromatic N) is 2. The molecule has 53 heavy (non-hydrogen) atoms. The van der Waals surface area contributed by atoms with Crippen molar-refractivity contribution >= 4 is 43.7 Å². The smallest absolute Gasteiger partial charge is 0.227 e. The van der Waals surface area contributed by atoms with Crippen molar-refractivity contribution in [3.05, 3.63) is 169 Å². The number of oxazole rings is 2. The minimum absolute atomic E-state index is 0.138. The fourth-order valence-electron chi connectivity index (χ4n) is 8.54. The Morgan fingerprint density at radius 2 is 0.849 bits per heavy atom. The van der Waals surface area contributed by atoms with Crippen molar-refractivity contribution in [3.8, 4) is 56.3 Å². The lowest BCUT2D eigenvalue weighted by molar-refractivity contribution is 0.619. The maximum Gasteiger partial charge on any atom is 0.227 e. The summed E-state index contributed by atoms with van der Waals surface area (Å²) < 4.78 is 12.3. The minimum atomic E-state index is -0.138. The summed E-state index contributed by atoms with van der Waals surface area (Å²) in [6.07, 6.45) is 0. The van der Waals surface area contributed by atoms with Crippen LogP contribution in [0.4, 0.5) is 0 Å². The second-order valence-electron chi connectivity index (χ2n) is 14.5. The first-order valence-corrected chi connectivity index (χ1v) is 18.1. The first-order valence-electron chi connectivity index (χ1n) is 18.1. The summed E-state index contributed by atoms with van der Waals surface area (Å²) in [5, 5.41) is 4.87. The van der Waals surface area contributed by atoms with E-state index in [-0.39, 0.29) is 5.41 Å². The van der Waals surface area contributed by atoms with Gasteiger partial charge < -0.3 is 8.83 Å². The van der Waals surface area contributed by atoms with Crippen LogP contribution < -0.4 is 0 Å². The van der Waals surface area contributed by atoms with E-state index < -0.39 is 0 Å². The number of fused-ring (bicyclic) bond motifs is 7. The molecule has 11 rings (SSSR count). The van der Waals surface area contributed by atoms with Gasteiger partial charge in [-0.3, -0.25) is 0 Å². The van der Waals surface area contributed by atoms with Crippen molar-refractivity contribution in [2.75, 3.05) is 0 Å². The van der Waals surface area contributed by atoms with Crippen LogP contribution in [0.15, 0.2) is 167 Å². The SMILES string of the molecule is CC1(C)c2ccccc2-c2cc3c(-c4ccc(-c5nc6ccccc6o5)cc4)c4ccccc4c(-c4ccc(-c5nc6ccccc6o5)cc4)c3cc21. The molecule has 8 aromatic carbocycles. The Hall–Kier alpha value is -6.78. The third-order valence-electron chi connectivity index (χ3n) is 11.2. The second kappa shape index (κ2) is 11.1. The predicted octanol–water partition coefficient (Wildman–Crippen LogP) is 13.2. The molecule has 10 aromatic rings. The van der Waals surface area contributed by atoms with Crippen LogP contribution in [-0.4, -0.2) is 9.97 Å². The van der Waals surface area contributed by atoms with E-state index in [9.17, 15) is 0 Å². The highest BCUT2D eigenvalue weighted by Crippen LogP contribution is 2.53. The highest BCUT2D eigenvalue weighted by molar-refractivity contribution is 6.22. The van der Waals surface area contributed by atoms with Gasteiger partial charge in [0.2, 0.25) is 11.8 Å². The standard InChI is InChI=1S/C49H32N2O2/c1-49(2)39-14-6-5-11-33(39)36-27-37-38(28-40(36)49)46(30-21-25-32(26-22-30)48-51-42-16-8-10-18-44(42)53-48)35-13-4-3-12-34(35)45(37)29-19-23-31(24-20-29)47-50-41-15-7-9-17-43(41)52-47/h3-28H,1-2H3. The van der Waals surface area contributed by atoms with E-state index in [1.165, 1.54) is 54.9 Å². The molecule has 250 valence electrons. The molecule has 0 saturated carbocycles. The maximum absolute atomic E-state index is 6.14. The summed E-state index contributed by atoms with van der Waals surface area (Å²) in [6.45, 7) is 4.70. The van der Waals surface area contributed by atoms with E-state index in [0.29, 0.717) is 11.8 Å². The van der Waals surface area contributed by atoms with E-state index in [2.05, 4.69) is 123 Å². The first kappa shape index (κ1) is 29.9. The number of aromatic nitrogens is 2. The number of benzene rings is 8. The molecule has 0 unspecified atom stereocenters. The highest BCUT2D eigenvalue weighted by atomic mass is 16.4. The van der Waals surface area contributed by atoms with E-state index >= 15 is 0 Å². The van der Waals surface area contributed by atoms with E-state index in [1.807, 2.05) is 48.5 Å². The third-order valence-corrected chi connectivity index (χ3v) is 11.2. The van der Waals surface area contributed by atoms with Crippen molar-refractivity contribution in [1.82, 2.24) is 9.97 Å². The third kappa shape index (κ3) is 4.49. The normalized spacial score (nSPS) is 13.2. The van der Waals surface area contributed by atoms with Crippen molar-refractivity contribution in [2.45, 2.75) is 19.3 Å². The topological polar surface area (TPSA) is 52.1 Å². The van der Waals surface area contributed by atoms with Gasteiger partial charge in [0.15, 0.2) is 11.2 Å². The molecule has 0 amide bonds. The van der Waals surface area contributed by atoms with Gasteiger partial charge in [0.25, 0.3) is 0 Å². The van der Waals surface area contributed by atoms with Gasteiger partial charge >= 0.3 is 0 Å². The molecule has 0 spiro atoms. The molecule has 0 bridgehead atoms. The number of rotatable bonds is 4. The predicted molar refractivity (Wildman–Crippen MR) is 216 cm³/mol. The Balaban J connectivity index is 1.15. The molecule has 1 aliphatic carbocycles. The van der Waals surface area contributed by atoms with E-state index in [0.717, 1.165) is 44.5 Å². The summed E-state index contributed by atoms with van der Waals surface area (Å²) in [5.41, 5.74) is 15.1. The molecule has 0 radical (unpaired) electrons. The molecule has 2 aromatic heterocycles. The molecule has 2 heterocycles. The van der Waals surface area contributed by atoms with Gasteiger partial charge in [-0.2, -0.15) is 0 Å². The molecule has 1 aliphatic rings. The van der Waals surface area contributed by atoms with Crippen molar-refractivity contribution in [1.29, 1.82) is 0 Å². The zero-order valence-electron chi connectivity index (χ0n) is 29.2. The van der Waals surface area contributed by atoms with Crippen molar-refractivity contribution in [2.24, 2.45) is 0 Å². The van der Waals surface area contributed by atoms with E-state index in [1.54, 1.807) is 0 Å². The molecule has 0 fully saturated rings. The molecule has 0 aliphatic heterocycles. The van der Waals surface area contributed by atoms with E-state index in [4.69, 9.17) is 18.8 Å². The van der Waals surface area contributed by atoms with Crippen molar-refractivity contribution in [3.63, 3.8) is 0 Å². The summed E-state index contributed by atoms with van der Waals surface area (Å²) in [5.74, 6) is 1.25. The Kier molecular flexibility index (Phi) is 6.27. The molecule has 4 nitrogen and oxygen atoms in total. The van der Waals surface area contributed by atoms with Crippen LogP contribution in [0.3, 0.4) is 0 Å². The van der Waals surface area contributed by atoms with Crippen LogP contribution in [0, 0.1) is 0 Å². The van der Waals surface area contributed by atoms with Crippen LogP contribution in [0.1, 0.15) is 25.0 Å². The number of hydrogen-bond acceptors (Lipinski definition) is 4. The lowest BCUT2D eigenvalue weighted by atomic mass is 9.79. The summed E-state index contributed by atoms with van der Waals surface area (Å²) >= 11 is 0. The highest BCUT2D eigenvalue weighted by Gasteiger charge is 2.36. The monoisotopic (exact) mass is 680 g/mol. The summed E-state index contributed by atoms with van der Waals surface area (Å²) in [6, 6.07) is 55.8. The Bertz CT molecular complexity index is 3010. The molecule has 0 atom stereocenters. The van der Waals surface area contributed by atoms with Gasteiger partial charge in [-0.05, 0) is 127 Å². The average Bonchev–Trinajstić information content (AvgIpc) is 3.90. The van der Waals surface area contributed by atoms with Crippen LogP contribution in [-0.2, 0) is 5.41 Å². The maximum atomic E-state index is 6.14. The minimum Gasteiger partial charge on any atom is -0.436 e. The summed E-state index contributed by atoms with van der Waals surface area (Å²) in [7, 11) is 0. The molecule has 0 saturated heterocycles. The molecular weight excluding hydrogens is 649 g/mol. The van der Waals surface area contributed by atoms with Crippen LogP contribution in [0.2, 0.25) is 0 Å². The quantitative estimate of drug-likeness (QED) is 0.174. The van der Waals surface area contributed by atoms with Crippen molar-refractivity contribution < 1.29 is 8.83 Å². The Morgan fingerprint density at radius 3 is 1.40 bits per heavy atom. The van der Waals surface area contributed by atoms with Gasteiger partial charge in [-0.25, -0.2) is 9.97 Å². The summed E-state index contributed by atoms with van der Waals surface area (Å²) in [4.78, 5) is 9.53. The first-order chi connectivity index (χ1) is 26.0. The number of hydrogen-bond donors (Lipinski definition) is 0. The zero-order valence-corrected chi connectivity index (χ0v) is 29.2. The van der Waals surface area contributed by atoms with Crippen LogP contribution in [0.25, 0.3) is 100 Å². The Labute approximate surface area is 306 Å². The number of para-hydroxylation sites is 4. The average molecular weight is 681 g/mol. The fourth-order valence-corrected chi connectivity index (χ4v) is 8.54. The Morgan fingerprint density at radius 1 is 0.396 bits per heavy atom. The van der Waals surface area contributed by atoms with Crippen LogP contribution in [0.5, 0.6) is 0 Å². The van der Waals surface area contributed by atoms with Gasteiger partial charge in [-0.1, -0.05) is 111 Å². The molecule has 0 N–H and O–H groups in total. The lowest BCUT2D eigenvalue weighted by Gasteiger charge is -2.24. The van der Waals surface area contributed by atoms with Crippen LogP contribution >= 0.6 is 0 Å². The fraction of sp³-hybridized carbons (Fsp3) is 0.0612. The largest absolute Gasteiger partial charge is 0.436 e. The van der Waals surface area contributed by atoms with Gasteiger partial charge in [0, 0.05) is 16.5 Å². The second-order valence-corrected chi connectivity index (χ2v) is 14.5. The zero-order chi connectivity index (χ0) is 35.3.